The van der Waals surface area contributed by atoms with Crippen molar-refractivity contribution in [1.82, 2.24) is 10.6 Å². The van der Waals surface area contributed by atoms with Gasteiger partial charge in [-0.1, -0.05) is 36.4 Å². The fourth-order valence-corrected chi connectivity index (χ4v) is 4.36. The monoisotopic (exact) mass is 522 g/mol. The number of nitrogens with one attached hydrogen (secondary N) is 2. The number of phenolic OH excluding ortho intramolecular Hbond substituents is 1. The summed E-state index contributed by atoms with van der Waals surface area (Å²) in [6.45, 7) is 0.288. The van der Waals surface area contributed by atoms with Gasteiger partial charge in [-0.25, -0.2) is 0 Å². The normalized spacial score (nSPS) is 13.4. The number of phenols is 1. The SMILES string of the molecule is COc1cc(CNC=C2C(=O)NC(=O)c3ccc(-c4ccc(Oc5ccccc5)cc4)cc32)cc(O)c1OC. The molecule has 4 aromatic rings. The van der Waals surface area contributed by atoms with Gasteiger partial charge in [0.05, 0.1) is 19.8 Å². The van der Waals surface area contributed by atoms with Crippen molar-refractivity contribution in [3.63, 3.8) is 0 Å². The molecule has 3 N–H and O–H groups in total. The number of aromatic hydroxyl groups is 1. The summed E-state index contributed by atoms with van der Waals surface area (Å²) in [4.78, 5) is 25.3. The molecule has 0 fully saturated rings. The smallest absolute Gasteiger partial charge is 0.260 e. The quantitative estimate of drug-likeness (QED) is 0.214. The average molecular weight is 523 g/mol. The molecule has 0 atom stereocenters. The van der Waals surface area contributed by atoms with Gasteiger partial charge in [0.25, 0.3) is 11.8 Å². The Kier molecular flexibility index (Phi) is 7.18. The van der Waals surface area contributed by atoms with E-state index in [9.17, 15) is 14.7 Å². The number of benzene rings is 4. The van der Waals surface area contributed by atoms with E-state index >= 15 is 0 Å². The minimum Gasteiger partial charge on any atom is -0.504 e. The van der Waals surface area contributed by atoms with Crippen LogP contribution in [0.25, 0.3) is 16.7 Å². The van der Waals surface area contributed by atoms with Crippen molar-refractivity contribution in [3.8, 4) is 39.9 Å². The summed E-state index contributed by atoms with van der Waals surface area (Å²) in [7, 11) is 2.93. The zero-order chi connectivity index (χ0) is 27.4. The number of fused-ring (bicyclic) bond motifs is 1. The molecule has 0 unspecified atom stereocenters. The van der Waals surface area contributed by atoms with Crippen LogP contribution in [-0.4, -0.2) is 31.1 Å². The summed E-state index contributed by atoms with van der Waals surface area (Å²) in [6.07, 6.45) is 1.56. The van der Waals surface area contributed by atoms with Crippen LogP contribution in [0.15, 0.2) is 91.1 Å². The van der Waals surface area contributed by atoms with Crippen LogP contribution in [0, 0.1) is 0 Å². The highest BCUT2D eigenvalue weighted by molar-refractivity contribution is 6.31. The third kappa shape index (κ3) is 5.40. The maximum Gasteiger partial charge on any atom is 0.260 e. The van der Waals surface area contributed by atoms with Crippen LogP contribution < -0.4 is 24.8 Å². The summed E-state index contributed by atoms with van der Waals surface area (Å²) in [5, 5.41) is 15.7. The van der Waals surface area contributed by atoms with Crippen molar-refractivity contribution in [2.45, 2.75) is 6.54 Å². The molecule has 39 heavy (non-hydrogen) atoms. The molecule has 0 spiro atoms. The molecule has 0 radical (unpaired) electrons. The Morgan fingerprint density at radius 2 is 1.51 bits per heavy atom. The van der Waals surface area contributed by atoms with E-state index in [2.05, 4.69) is 10.6 Å². The Morgan fingerprint density at radius 3 is 2.23 bits per heavy atom. The molecule has 0 aliphatic carbocycles. The number of ether oxygens (including phenoxy) is 3. The van der Waals surface area contributed by atoms with E-state index in [1.165, 1.54) is 14.2 Å². The highest BCUT2D eigenvalue weighted by atomic mass is 16.5. The molecule has 0 saturated carbocycles. The third-order valence-corrected chi connectivity index (χ3v) is 6.26. The van der Waals surface area contributed by atoms with Gasteiger partial charge in [0.1, 0.15) is 11.5 Å². The Balaban J connectivity index is 1.39. The van der Waals surface area contributed by atoms with Gasteiger partial charge in [0, 0.05) is 23.9 Å². The molecule has 8 heteroatoms. The first kappa shape index (κ1) is 25.4. The molecule has 1 heterocycles. The van der Waals surface area contributed by atoms with Crippen LogP contribution >= 0.6 is 0 Å². The molecule has 5 rings (SSSR count). The highest BCUT2D eigenvalue weighted by Gasteiger charge is 2.27. The summed E-state index contributed by atoms with van der Waals surface area (Å²) >= 11 is 0. The molecule has 1 aliphatic rings. The van der Waals surface area contributed by atoms with Crippen LogP contribution in [0.3, 0.4) is 0 Å². The summed E-state index contributed by atoms with van der Waals surface area (Å²) in [5.41, 5.74) is 3.71. The topological polar surface area (TPSA) is 106 Å². The van der Waals surface area contributed by atoms with Crippen molar-refractivity contribution in [2.24, 2.45) is 0 Å². The molecule has 4 aromatic carbocycles. The molecular weight excluding hydrogens is 496 g/mol. The fourth-order valence-electron chi connectivity index (χ4n) is 4.36. The molecule has 8 nitrogen and oxygen atoms in total. The summed E-state index contributed by atoms with van der Waals surface area (Å²) in [6, 6.07) is 25.8. The molecular formula is C31H26N2O6. The second-order valence-electron chi connectivity index (χ2n) is 8.77. The van der Waals surface area contributed by atoms with Gasteiger partial charge < -0.3 is 24.6 Å². The lowest BCUT2D eigenvalue weighted by Gasteiger charge is -2.20. The van der Waals surface area contributed by atoms with Crippen LogP contribution in [0.2, 0.25) is 0 Å². The van der Waals surface area contributed by atoms with Crippen LogP contribution in [-0.2, 0) is 11.3 Å². The first-order valence-corrected chi connectivity index (χ1v) is 12.2. The van der Waals surface area contributed by atoms with E-state index in [0.717, 1.165) is 16.9 Å². The Bertz CT molecular complexity index is 1560. The number of rotatable bonds is 8. The van der Waals surface area contributed by atoms with Gasteiger partial charge >= 0.3 is 0 Å². The van der Waals surface area contributed by atoms with Gasteiger partial charge in [-0.05, 0) is 65.2 Å². The van der Waals surface area contributed by atoms with Gasteiger partial charge in [-0.3, -0.25) is 14.9 Å². The first-order valence-electron chi connectivity index (χ1n) is 12.2. The number of amides is 2. The predicted octanol–water partition coefficient (Wildman–Crippen LogP) is 5.27. The number of carbonyl (C=O) groups excluding carboxylic acids is 2. The molecule has 0 saturated heterocycles. The van der Waals surface area contributed by atoms with Crippen LogP contribution in [0.4, 0.5) is 0 Å². The molecule has 1 aliphatic heterocycles. The minimum absolute atomic E-state index is 0.0579. The van der Waals surface area contributed by atoms with Gasteiger partial charge in [-0.2, -0.15) is 0 Å². The van der Waals surface area contributed by atoms with Crippen molar-refractivity contribution in [1.29, 1.82) is 0 Å². The average Bonchev–Trinajstić information content (AvgIpc) is 2.95. The van der Waals surface area contributed by atoms with E-state index < -0.39 is 11.8 Å². The maximum atomic E-state index is 12.8. The maximum absolute atomic E-state index is 12.8. The number of hydrogen-bond acceptors (Lipinski definition) is 7. The van der Waals surface area contributed by atoms with Crippen molar-refractivity contribution >= 4 is 17.4 Å². The Hall–Kier alpha value is -5.24. The zero-order valence-corrected chi connectivity index (χ0v) is 21.4. The minimum atomic E-state index is -0.501. The standard InChI is InChI=1S/C31H26N2O6/c1-37-28-15-19(14-27(34)29(28)38-2)17-32-18-26-25-16-21(10-13-24(25)30(35)33-31(26)36)20-8-11-23(12-9-20)39-22-6-4-3-5-7-22/h3-16,18,32,34H,17H2,1-2H3,(H,33,35,36). The van der Waals surface area contributed by atoms with Crippen molar-refractivity contribution in [2.75, 3.05) is 14.2 Å². The first-order chi connectivity index (χ1) is 19.0. The predicted molar refractivity (Wildman–Crippen MR) is 147 cm³/mol. The van der Waals surface area contributed by atoms with Crippen molar-refractivity contribution < 1.29 is 28.9 Å². The molecule has 196 valence electrons. The molecule has 0 aromatic heterocycles. The molecule has 2 amide bonds. The lowest BCUT2D eigenvalue weighted by molar-refractivity contribution is -0.114. The third-order valence-electron chi connectivity index (χ3n) is 6.26. The van der Waals surface area contributed by atoms with E-state index in [0.29, 0.717) is 33.8 Å². The number of carbonyl (C=O) groups is 2. The van der Waals surface area contributed by atoms with Gasteiger partial charge in [-0.15, -0.1) is 0 Å². The highest BCUT2D eigenvalue weighted by Crippen LogP contribution is 2.37. The van der Waals surface area contributed by atoms with E-state index in [1.54, 1.807) is 24.4 Å². The van der Waals surface area contributed by atoms with Crippen LogP contribution in [0.5, 0.6) is 28.7 Å². The Morgan fingerprint density at radius 1 is 0.795 bits per heavy atom. The number of para-hydroxylation sites is 1. The van der Waals surface area contributed by atoms with E-state index in [1.807, 2.05) is 66.7 Å². The van der Waals surface area contributed by atoms with Crippen LogP contribution in [0.1, 0.15) is 21.5 Å². The molecule has 0 bridgehead atoms. The summed E-state index contributed by atoms with van der Waals surface area (Å²) in [5.74, 6) is 1.06. The second-order valence-corrected chi connectivity index (χ2v) is 8.77. The number of methoxy groups -OCH3 is 2. The van der Waals surface area contributed by atoms with Crippen molar-refractivity contribution in [3.05, 3.63) is 108 Å². The van der Waals surface area contributed by atoms with E-state index in [4.69, 9.17) is 14.2 Å². The lowest BCUT2D eigenvalue weighted by Crippen LogP contribution is -2.37. The second kappa shape index (κ2) is 11.0. The van der Waals surface area contributed by atoms with Gasteiger partial charge in [0.2, 0.25) is 5.75 Å². The number of hydrogen-bond donors (Lipinski definition) is 3. The lowest BCUT2D eigenvalue weighted by atomic mass is 9.91. The number of imide groups is 1. The zero-order valence-electron chi connectivity index (χ0n) is 21.4. The van der Waals surface area contributed by atoms with Gasteiger partial charge in [0.15, 0.2) is 11.5 Å². The fraction of sp³-hybridized carbons (Fsp3) is 0.0968. The summed E-state index contributed by atoms with van der Waals surface area (Å²) < 4.78 is 16.3. The van der Waals surface area contributed by atoms with E-state index in [-0.39, 0.29) is 18.0 Å². The largest absolute Gasteiger partial charge is 0.504 e. The Labute approximate surface area is 225 Å².